The van der Waals surface area contributed by atoms with E-state index >= 15 is 0 Å². The van der Waals surface area contributed by atoms with Crippen molar-refractivity contribution >= 4 is 5.97 Å². The van der Waals surface area contributed by atoms with Crippen LogP contribution in [0.2, 0.25) is 0 Å². The summed E-state index contributed by atoms with van der Waals surface area (Å²) in [5, 5.41) is 13.2. The first-order valence-corrected chi connectivity index (χ1v) is 6.80. The molecule has 0 radical (unpaired) electrons. The van der Waals surface area contributed by atoms with Crippen LogP contribution in [0.25, 0.3) is 11.1 Å². The fourth-order valence-electron chi connectivity index (χ4n) is 2.50. The third-order valence-corrected chi connectivity index (χ3v) is 3.70. The summed E-state index contributed by atoms with van der Waals surface area (Å²) >= 11 is 0. The first-order valence-electron chi connectivity index (χ1n) is 6.80. The first kappa shape index (κ1) is 13.8. The van der Waals surface area contributed by atoms with Crippen molar-refractivity contribution in [2.45, 2.75) is 18.9 Å². The van der Waals surface area contributed by atoms with Crippen LogP contribution in [0.5, 0.6) is 0 Å². The molecule has 0 saturated carbocycles. The SMILES string of the molecule is O=C(O)c1ccc(-c2cnn(C3CCOCC3)c2)cc1F. The van der Waals surface area contributed by atoms with Gasteiger partial charge in [0, 0.05) is 25.0 Å². The summed E-state index contributed by atoms with van der Waals surface area (Å²) in [6.07, 6.45) is 5.36. The van der Waals surface area contributed by atoms with E-state index in [-0.39, 0.29) is 5.56 Å². The molecular formula is C15H15FN2O3. The van der Waals surface area contributed by atoms with Gasteiger partial charge >= 0.3 is 5.97 Å². The number of hydrogen-bond donors (Lipinski definition) is 1. The Hall–Kier alpha value is -2.21. The number of halogens is 1. The molecule has 0 unspecified atom stereocenters. The zero-order valence-corrected chi connectivity index (χ0v) is 11.3. The minimum absolute atomic E-state index is 0.302. The molecule has 1 aliphatic rings. The highest BCUT2D eigenvalue weighted by Crippen LogP contribution is 2.25. The van der Waals surface area contributed by atoms with Gasteiger partial charge in [0.1, 0.15) is 5.82 Å². The molecule has 1 fully saturated rings. The van der Waals surface area contributed by atoms with E-state index in [1.165, 1.54) is 12.1 Å². The van der Waals surface area contributed by atoms with Crippen LogP contribution in [0.4, 0.5) is 4.39 Å². The summed E-state index contributed by atoms with van der Waals surface area (Å²) in [7, 11) is 0. The fraction of sp³-hybridized carbons (Fsp3) is 0.333. The van der Waals surface area contributed by atoms with E-state index < -0.39 is 11.8 Å². The van der Waals surface area contributed by atoms with Crippen LogP contribution >= 0.6 is 0 Å². The van der Waals surface area contributed by atoms with Crippen molar-refractivity contribution in [1.82, 2.24) is 9.78 Å². The van der Waals surface area contributed by atoms with Gasteiger partial charge in [-0.25, -0.2) is 9.18 Å². The maximum absolute atomic E-state index is 13.7. The number of aromatic carboxylic acids is 1. The van der Waals surface area contributed by atoms with Crippen molar-refractivity contribution in [3.8, 4) is 11.1 Å². The van der Waals surface area contributed by atoms with Gasteiger partial charge in [0.15, 0.2) is 0 Å². The molecule has 1 aliphatic heterocycles. The molecule has 0 bridgehead atoms. The van der Waals surface area contributed by atoms with Crippen molar-refractivity contribution in [3.05, 3.63) is 42.0 Å². The highest BCUT2D eigenvalue weighted by molar-refractivity contribution is 5.88. The van der Waals surface area contributed by atoms with E-state index in [0.717, 1.165) is 31.6 Å². The van der Waals surface area contributed by atoms with Gasteiger partial charge in [-0.1, -0.05) is 6.07 Å². The highest BCUT2D eigenvalue weighted by atomic mass is 19.1. The normalized spacial score (nSPS) is 16.0. The number of rotatable bonds is 3. The molecule has 6 heteroatoms. The number of carboxylic acid groups (broad SMARTS) is 1. The Labute approximate surface area is 121 Å². The maximum Gasteiger partial charge on any atom is 0.338 e. The van der Waals surface area contributed by atoms with Crippen molar-refractivity contribution in [1.29, 1.82) is 0 Å². The lowest BCUT2D eigenvalue weighted by Crippen LogP contribution is -2.19. The molecule has 1 aromatic heterocycles. The third kappa shape index (κ3) is 2.80. The summed E-state index contributed by atoms with van der Waals surface area (Å²) in [4.78, 5) is 10.8. The standard InChI is InChI=1S/C15H15FN2O3/c16-14-7-10(1-2-13(14)15(19)20)11-8-17-18(9-11)12-3-5-21-6-4-12/h1-2,7-9,12H,3-6H2,(H,19,20). The van der Waals surface area contributed by atoms with Crippen LogP contribution in [0.1, 0.15) is 29.2 Å². The second kappa shape index (κ2) is 5.65. The summed E-state index contributed by atoms with van der Waals surface area (Å²) in [5.74, 6) is -2.00. The van der Waals surface area contributed by atoms with Crippen LogP contribution in [-0.2, 0) is 4.74 Å². The van der Waals surface area contributed by atoms with E-state index in [9.17, 15) is 9.18 Å². The molecule has 1 saturated heterocycles. The smallest absolute Gasteiger partial charge is 0.338 e. The Bertz CT molecular complexity index is 663. The molecular weight excluding hydrogens is 275 g/mol. The second-order valence-corrected chi connectivity index (χ2v) is 5.05. The number of carboxylic acids is 1. The van der Waals surface area contributed by atoms with Gasteiger partial charge < -0.3 is 9.84 Å². The lowest BCUT2D eigenvalue weighted by atomic mass is 10.1. The van der Waals surface area contributed by atoms with E-state index in [1.54, 1.807) is 12.3 Å². The van der Waals surface area contributed by atoms with Gasteiger partial charge in [-0.3, -0.25) is 4.68 Å². The summed E-state index contributed by atoms with van der Waals surface area (Å²) in [6.45, 7) is 1.45. The molecule has 0 amide bonds. The average molecular weight is 290 g/mol. The number of aromatic nitrogens is 2. The lowest BCUT2D eigenvalue weighted by Gasteiger charge is -2.22. The molecule has 5 nitrogen and oxygen atoms in total. The molecule has 0 atom stereocenters. The van der Waals surface area contributed by atoms with E-state index in [1.807, 2.05) is 10.9 Å². The minimum atomic E-state index is -1.27. The van der Waals surface area contributed by atoms with Gasteiger partial charge in [-0.2, -0.15) is 5.10 Å². The molecule has 0 aliphatic carbocycles. The Morgan fingerprint density at radius 2 is 2.10 bits per heavy atom. The molecule has 110 valence electrons. The fourth-order valence-corrected chi connectivity index (χ4v) is 2.50. The second-order valence-electron chi connectivity index (χ2n) is 5.05. The van der Waals surface area contributed by atoms with Gasteiger partial charge in [0.2, 0.25) is 0 Å². The number of benzene rings is 1. The molecule has 2 aromatic rings. The molecule has 3 rings (SSSR count). The number of nitrogens with zero attached hydrogens (tertiary/aromatic N) is 2. The van der Waals surface area contributed by atoms with Crippen LogP contribution in [0.15, 0.2) is 30.6 Å². The zero-order chi connectivity index (χ0) is 14.8. The topological polar surface area (TPSA) is 64.3 Å². The zero-order valence-electron chi connectivity index (χ0n) is 11.3. The quantitative estimate of drug-likeness (QED) is 0.944. The van der Waals surface area contributed by atoms with Gasteiger partial charge in [-0.05, 0) is 30.5 Å². The van der Waals surface area contributed by atoms with Crippen LogP contribution in [0.3, 0.4) is 0 Å². The predicted molar refractivity (Wildman–Crippen MR) is 73.7 cm³/mol. The Morgan fingerprint density at radius 1 is 1.33 bits per heavy atom. The summed E-state index contributed by atoms with van der Waals surface area (Å²) in [6, 6.07) is 4.40. The summed E-state index contributed by atoms with van der Waals surface area (Å²) in [5.41, 5.74) is 1.07. The maximum atomic E-state index is 13.7. The van der Waals surface area contributed by atoms with Crippen LogP contribution in [0, 0.1) is 5.82 Å². The molecule has 1 N–H and O–H groups in total. The Balaban J connectivity index is 1.85. The average Bonchev–Trinajstić information content (AvgIpc) is 2.97. The van der Waals surface area contributed by atoms with Crippen LogP contribution in [-0.4, -0.2) is 34.1 Å². The van der Waals surface area contributed by atoms with Crippen molar-refractivity contribution < 1.29 is 19.0 Å². The Kier molecular flexibility index (Phi) is 3.70. The molecule has 21 heavy (non-hydrogen) atoms. The monoisotopic (exact) mass is 290 g/mol. The van der Waals surface area contributed by atoms with Gasteiger partial charge in [0.05, 0.1) is 17.8 Å². The van der Waals surface area contributed by atoms with Gasteiger partial charge in [-0.15, -0.1) is 0 Å². The molecule has 1 aromatic carbocycles. The van der Waals surface area contributed by atoms with Crippen molar-refractivity contribution in [2.75, 3.05) is 13.2 Å². The number of carbonyl (C=O) groups is 1. The minimum Gasteiger partial charge on any atom is -0.478 e. The number of hydrogen-bond acceptors (Lipinski definition) is 3. The third-order valence-electron chi connectivity index (χ3n) is 3.70. The Morgan fingerprint density at radius 3 is 2.76 bits per heavy atom. The highest BCUT2D eigenvalue weighted by Gasteiger charge is 2.17. The van der Waals surface area contributed by atoms with Crippen molar-refractivity contribution in [2.24, 2.45) is 0 Å². The lowest BCUT2D eigenvalue weighted by molar-refractivity contribution is 0.0662. The van der Waals surface area contributed by atoms with Crippen molar-refractivity contribution in [3.63, 3.8) is 0 Å². The molecule has 2 heterocycles. The summed E-state index contributed by atoms with van der Waals surface area (Å²) < 4.78 is 20.9. The number of ether oxygens (including phenoxy) is 1. The van der Waals surface area contributed by atoms with E-state index in [2.05, 4.69) is 5.10 Å². The molecule has 0 spiro atoms. The van der Waals surface area contributed by atoms with E-state index in [4.69, 9.17) is 9.84 Å². The predicted octanol–water partition coefficient (Wildman–Crippen LogP) is 2.74. The van der Waals surface area contributed by atoms with E-state index in [0.29, 0.717) is 11.6 Å². The van der Waals surface area contributed by atoms with Crippen LogP contribution < -0.4 is 0 Å². The first-order chi connectivity index (χ1) is 10.1. The largest absolute Gasteiger partial charge is 0.478 e. The van der Waals surface area contributed by atoms with Gasteiger partial charge in [0.25, 0.3) is 0 Å².